The van der Waals surface area contributed by atoms with Crippen molar-refractivity contribution in [3.8, 4) is 11.5 Å². The topological polar surface area (TPSA) is 104 Å². The van der Waals surface area contributed by atoms with E-state index in [1.807, 2.05) is 22.9 Å². The molecule has 10 heteroatoms. The van der Waals surface area contributed by atoms with Crippen molar-refractivity contribution in [2.75, 3.05) is 20.8 Å². The van der Waals surface area contributed by atoms with Gasteiger partial charge >= 0.3 is 0 Å². The number of methoxy groups -OCH3 is 2. The number of para-hydroxylation sites is 1. The molecule has 0 fully saturated rings. The molecular formula is C21H21N3O6S. The van der Waals surface area contributed by atoms with Crippen LogP contribution in [0.25, 0.3) is 0 Å². The third-order valence-corrected chi connectivity index (χ3v) is 7.28. The standard InChI is InChI=1S/C21H21N3O6S/c1-29-18-10-9-15(14-19(18)30-2)21-17-7-5-11-22(17)12-13-23(21)31(27,28)20-8-4-3-6-16(20)24(25)26/h3-11,14,21H,12-13H2,1-2H3. The molecule has 3 aromatic rings. The van der Waals surface area contributed by atoms with Gasteiger partial charge in [-0.25, -0.2) is 8.42 Å². The molecule has 2 aromatic carbocycles. The molecule has 0 N–H and O–H groups in total. The van der Waals surface area contributed by atoms with E-state index in [9.17, 15) is 18.5 Å². The fourth-order valence-electron chi connectivity index (χ4n) is 3.93. The van der Waals surface area contributed by atoms with Gasteiger partial charge in [-0.15, -0.1) is 0 Å². The lowest BCUT2D eigenvalue weighted by Gasteiger charge is -2.36. The molecule has 1 atom stereocenters. The Morgan fingerprint density at radius 2 is 1.74 bits per heavy atom. The van der Waals surface area contributed by atoms with Gasteiger partial charge in [0.1, 0.15) is 0 Å². The summed E-state index contributed by atoms with van der Waals surface area (Å²) in [6.45, 7) is 0.598. The molecule has 4 rings (SSSR count). The summed E-state index contributed by atoms with van der Waals surface area (Å²) in [5.74, 6) is 0.984. The molecule has 0 bridgehead atoms. The minimum atomic E-state index is -4.18. The first-order valence-corrected chi connectivity index (χ1v) is 10.9. The summed E-state index contributed by atoms with van der Waals surface area (Å²) in [6.07, 6.45) is 1.89. The van der Waals surface area contributed by atoms with Gasteiger partial charge in [0.25, 0.3) is 15.7 Å². The second-order valence-electron chi connectivity index (χ2n) is 6.98. The van der Waals surface area contributed by atoms with Gasteiger partial charge < -0.3 is 14.0 Å². The number of aromatic nitrogens is 1. The molecule has 9 nitrogen and oxygen atoms in total. The SMILES string of the molecule is COc1ccc(C2c3cccn3CCN2S(=O)(=O)c2ccccc2[N+](=O)[O-])cc1OC. The Hall–Kier alpha value is -3.37. The van der Waals surface area contributed by atoms with Crippen molar-refractivity contribution in [3.63, 3.8) is 0 Å². The monoisotopic (exact) mass is 443 g/mol. The number of hydrogen-bond acceptors (Lipinski definition) is 6. The van der Waals surface area contributed by atoms with Crippen molar-refractivity contribution in [2.24, 2.45) is 0 Å². The smallest absolute Gasteiger partial charge is 0.289 e. The molecule has 0 amide bonds. The molecule has 162 valence electrons. The van der Waals surface area contributed by atoms with Gasteiger partial charge in [-0.2, -0.15) is 4.31 Å². The molecule has 1 aliphatic rings. The Balaban J connectivity index is 1.89. The first-order chi connectivity index (χ1) is 14.9. The normalized spacial score (nSPS) is 16.5. The number of nitro benzene ring substituents is 1. The van der Waals surface area contributed by atoms with E-state index in [-0.39, 0.29) is 11.4 Å². The van der Waals surface area contributed by atoms with Crippen LogP contribution in [0.1, 0.15) is 17.3 Å². The van der Waals surface area contributed by atoms with E-state index in [0.29, 0.717) is 23.6 Å². The maximum atomic E-state index is 13.7. The molecule has 0 saturated heterocycles. The largest absolute Gasteiger partial charge is 0.493 e. The summed E-state index contributed by atoms with van der Waals surface area (Å²) in [7, 11) is -1.16. The molecule has 31 heavy (non-hydrogen) atoms. The zero-order valence-corrected chi connectivity index (χ0v) is 17.8. The van der Waals surface area contributed by atoms with E-state index in [0.717, 1.165) is 5.69 Å². The van der Waals surface area contributed by atoms with Gasteiger partial charge in [-0.05, 0) is 35.9 Å². The number of hydrogen-bond donors (Lipinski definition) is 0. The number of ether oxygens (including phenoxy) is 2. The third-order valence-electron chi connectivity index (χ3n) is 5.37. The van der Waals surface area contributed by atoms with E-state index in [1.165, 1.54) is 42.8 Å². The average Bonchev–Trinajstić information content (AvgIpc) is 3.26. The molecule has 0 radical (unpaired) electrons. The number of nitro groups is 1. The molecule has 1 aromatic heterocycles. The molecule has 1 aliphatic heterocycles. The summed E-state index contributed by atoms with van der Waals surface area (Å²) in [5.41, 5.74) is 0.981. The van der Waals surface area contributed by atoms with Crippen molar-refractivity contribution < 1.29 is 22.8 Å². The Morgan fingerprint density at radius 1 is 1.00 bits per heavy atom. The fourth-order valence-corrected chi connectivity index (χ4v) is 5.67. The van der Waals surface area contributed by atoms with Gasteiger partial charge in [0, 0.05) is 31.0 Å². The predicted molar refractivity (Wildman–Crippen MR) is 113 cm³/mol. The summed E-state index contributed by atoms with van der Waals surface area (Å²) in [4.78, 5) is 10.5. The molecule has 0 saturated carbocycles. The third kappa shape index (κ3) is 3.53. The highest BCUT2D eigenvalue weighted by molar-refractivity contribution is 7.89. The van der Waals surface area contributed by atoms with Crippen LogP contribution in [0, 0.1) is 10.1 Å². The molecule has 2 heterocycles. The van der Waals surface area contributed by atoms with E-state index in [4.69, 9.17) is 9.47 Å². The van der Waals surface area contributed by atoms with Crippen LogP contribution < -0.4 is 9.47 Å². The van der Waals surface area contributed by atoms with Crippen molar-refractivity contribution in [2.45, 2.75) is 17.5 Å². The summed E-state index contributed by atoms with van der Waals surface area (Å²) < 4.78 is 41.3. The van der Waals surface area contributed by atoms with Gasteiger partial charge in [-0.1, -0.05) is 18.2 Å². The van der Waals surface area contributed by atoms with Crippen LogP contribution >= 0.6 is 0 Å². The van der Waals surface area contributed by atoms with Crippen molar-refractivity contribution in [1.82, 2.24) is 8.87 Å². The highest BCUT2D eigenvalue weighted by Gasteiger charge is 2.40. The van der Waals surface area contributed by atoms with Crippen molar-refractivity contribution in [3.05, 3.63) is 82.2 Å². The van der Waals surface area contributed by atoms with E-state index in [1.54, 1.807) is 18.2 Å². The van der Waals surface area contributed by atoms with Crippen LogP contribution in [-0.2, 0) is 16.6 Å². The van der Waals surface area contributed by atoms with Crippen LogP contribution in [0.4, 0.5) is 5.69 Å². The highest BCUT2D eigenvalue weighted by atomic mass is 32.2. The van der Waals surface area contributed by atoms with E-state index < -0.39 is 26.7 Å². The lowest BCUT2D eigenvalue weighted by atomic mass is 10.0. The second kappa shape index (κ2) is 8.05. The number of nitrogens with zero attached hydrogens (tertiary/aromatic N) is 3. The van der Waals surface area contributed by atoms with E-state index in [2.05, 4.69) is 0 Å². The Morgan fingerprint density at radius 3 is 2.45 bits per heavy atom. The first-order valence-electron chi connectivity index (χ1n) is 9.50. The Kier molecular flexibility index (Phi) is 5.42. The van der Waals surface area contributed by atoms with Gasteiger partial charge in [0.2, 0.25) is 0 Å². The average molecular weight is 443 g/mol. The van der Waals surface area contributed by atoms with Gasteiger partial charge in [0.15, 0.2) is 16.4 Å². The van der Waals surface area contributed by atoms with Gasteiger partial charge in [-0.3, -0.25) is 10.1 Å². The van der Waals surface area contributed by atoms with Gasteiger partial charge in [0.05, 0.1) is 25.2 Å². The minimum Gasteiger partial charge on any atom is -0.493 e. The zero-order valence-electron chi connectivity index (χ0n) is 17.0. The first kappa shape index (κ1) is 20.9. The number of rotatable bonds is 6. The fraction of sp³-hybridized carbons (Fsp3) is 0.238. The van der Waals surface area contributed by atoms with Crippen LogP contribution in [0.15, 0.2) is 65.7 Å². The van der Waals surface area contributed by atoms with Crippen molar-refractivity contribution >= 4 is 15.7 Å². The van der Waals surface area contributed by atoms with Crippen LogP contribution in [0.3, 0.4) is 0 Å². The Labute approximate surface area is 179 Å². The van der Waals surface area contributed by atoms with Crippen LogP contribution in [-0.4, -0.2) is 43.0 Å². The number of sulfonamides is 1. The molecule has 0 aliphatic carbocycles. The van der Waals surface area contributed by atoms with Crippen LogP contribution in [0.5, 0.6) is 11.5 Å². The Bertz CT molecular complexity index is 1240. The molecular weight excluding hydrogens is 422 g/mol. The van der Waals surface area contributed by atoms with Crippen LogP contribution in [0.2, 0.25) is 0 Å². The van der Waals surface area contributed by atoms with E-state index >= 15 is 0 Å². The molecule has 0 spiro atoms. The predicted octanol–water partition coefficient (Wildman–Crippen LogP) is 3.21. The minimum absolute atomic E-state index is 0.162. The summed E-state index contributed by atoms with van der Waals surface area (Å²) in [6, 6.07) is 13.6. The van der Waals surface area contributed by atoms with Crippen molar-refractivity contribution in [1.29, 1.82) is 0 Å². The number of benzene rings is 2. The lowest BCUT2D eigenvalue weighted by Crippen LogP contribution is -2.42. The highest BCUT2D eigenvalue weighted by Crippen LogP contribution is 2.40. The summed E-state index contributed by atoms with van der Waals surface area (Å²) in [5, 5.41) is 11.5. The zero-order chi connectivity index (χ0) is 22.2. The maximum absolute atomic E-state index is 13.7. The lowest BCUT2D eigenvalue weighted by molar-refractivity contribution is -0.387. The molecule has 1 unspecified atom stereocenters. The second-order valence-corrected chi connectivity index (χ2v) is 8.84. The quantitative estimate of drug-likeness (QED) is 0.428. The maximum Gasteiger partial charge on any atom is 0.289 e. The summed E-state index contributed by atoms with van der Waals surface area (Å²) >= 11 is 0. The number of fused-ring (bicyclic) bond motifs is 1.